The first-order valence-corrected chi connectivity index (χ1v) is 10.5. The molecule has 3 saturated heterocycles. The molecule has 0 saturated carbocycles. The van der Waals surface area contributed by atoms with Gasteiger partial charge in [-0.15, -0.1) is 11.3 Å². The standard InChI is InChI=1S/C19H23N3OS2/c1-12-18(14-7-9-22(12)10-8-14)21-19(23)15-3-5-16(6-4-15)25-17-11-20-13(2)24-17/h3-6,11-12,14,18H,7-10H2,1-2H3,(H,21,23)/t12-,18-/m0/s1. The van der Waals surface area contributed by atoms with Crippen LogP contribution in [0.4, 0.5) is 0 Å². The number of hydrogen-bond acceptors (Lipinski definition) is 5. The number of aryl methyl sites for hydroxylation is 1. The van der Waals surface area contributed by atoms with Crippen molar-refractivity contribution in [2.24, 2.45) is 5.92 Å². The molecule has 5 rings (SSSR count). The number of rotatable bonds is 4. The lowest BCUT2D eigenvalue weighted by atomic mass is 9.79. The molecule has 1 aromatic heterocycles. The summed E-state index contributed by atoms with van der Waals surface area (Å²) in [6, 6.07) is 8.63. The summed E-state index contributed by atoms with van der Waals surface area (Å²) in [6.45, 7) is 6.62. The minimum atomic E-state index is 0.0517. The third-order valence-corrected chi connectivity index (χ3v) is 7.43. The van der Waals surface area contributed by atoms with Crippen LogP contribution in [0, 0.1) is 12.8 Å². The fraction of sp³-hybridized carbons (Fsp3) is 0.474. The van der Waals surface area contributed by atoms with E-state index < -0.39 is 0 Å². The smallest absolute Gasteiger partial charge is 0.251 e. The molecule has 0 radical (unpaired) electrons. The van der Waals surface area contributed by atoms with Crippen molar-refractivity contribution >= 4 is 29.0 Å². The predicted molar refractivity (Wildman–Crippen MR) is 102 cm³/mol. The molecule has 25 heavy (non-hydrogen) atoms. The van der Waals surface area contributed by atoms with Gasteiger partial charge in [0.2, 0.25) is 0 Å². The van der Waals surface area contributed by atoms with Gasteiger partial charge in [0.1, 0.15) is 0 Å². The number of carbonyl (C=O) groups is 1. The van der Waals surface area contributed by atoms with Crippen molar-refractivity contribution in [2.75, 3.05) is 13.1 Å². The van der Waals surface area contributed by atoms with Crippen LogP contribution in [0.5, 0.6) is 0 Å². The fourth-order valence-electron chi connectivity index (χ4n) is 3.96. The van der Waals surface area contributed by atoms with E-state index in [1.807, 2.05) is 37.4 Å². The molecule has 1 aromatic carbocycles. The van der Waals surface area contributed by atoms with Crippen LogP contribution in [0.2, 0.25) is 0 Å². The van der Waals surface area contributed by atoms with Crippen LogP contribution >= 0.6 is 23.1 Å². The van der Waals surface area contributed by atoms with E-state index in [2.05, 4.69) is 22.1 Å². The van der Waals surface area contributed by atoms with Gasteiger partial charge in [-0.05, 0) is 70.0 Å². The molecule has 2 atom stereocenters. The first-order valence-electron chi connectivity index (χ1n) is 8.85. The molecule has 4 heterocycles. The zero-order valence-corrected chi connectivity index (χ0v) is 16.2. The number of thiazole rings is 1. The highest BCUT2D eigenvalue weighted by molar-refractivity contribution is 8.01. The molecular formula is C19H23N3OS2. The third kappa shape index (κ3) is 3.61. The molecule has 0 spiro atoms. The van der Waals surface area contributed by atoms with Gasteiger partial charge in [-0.25, -0.2) is 4.98 Å². The van der Waals surface area contributed by atoms with Gasteiger partial charge >= 0.3 is 0 Å². The van der Waals surface area contributed by atoms with Crippen molar-refractivity contribution in [2.45, 2.75) is 47.9 Å². The number of nitrogens with zero attached hydrogens (tertiary/aromatic N) is 2. The van der Waals surface area contributed by atoms with Crippen molar-refractivity contribution in [1.82, 2.24) is 15.2 Å². The lowest BCUT2D eigenvalue weighted by molar-refractivity contribution is 0.0217. The van der Waals surface area contributed by atoms with Crippen LogP contribution in [-0.2, 0) is 0 Å². The van der Waals surface area contributed by atoms with Crippen LogP contribution < -0.4 is 5.32 Å². The van der Waals surface area contributed by atoms with Gasteiger partial charge in [0.25, 0.3) is 5.91 Å². The molecule has 0 unspecified atom stereocenters. The van der Waals surface area contributed by atoms with E-state index in [0.717, 1.165) is 15.5 Å². The minimum Gasteiger partial charge on any atom is -0.347 e. The highest BCUT2D eigenvalue weighted by Crippen LogP contribution is 2.33. The van der Waals surface area contributed by atoms with Crippen LogP contribution in [0.25, 0.3) is 0 Å². The second kappa shape index (κ2) is 7.09. The Morgan fingerprint density at radius 3 is 2.60 bits per heavy atom. The van der Waals surface area contributed by atoms with Crippen LogP contribution in [-0.4, -0.2) is 41.0 Å². The SMILES string of the molecule is Cc1ncc(Sc2ccc(C(=O)N[C@@H]3C4CCN(CC4)[C@H]3C)cc2)s1. The third-order valence-electron chi connectivity index (χ3n) is 5.41. The maximum atomic E-state index is 12.7. The molecule has 3 aliphatic rings. The number of aromatic nitrogens is 1. The number of benzene rings is 1. The summed E-state index contributed by atoms with van der Waals surface area (Å²) in [5.74, 6) is 0.684. The van der Waals surface area contributed by atoms with E-state index >= 15 is 0 Å². The van der Waals surface area contributed by atoms with E-state index in [1.165, 1.54) is 30.1 Å². The van der Waals surface area contributed by atoms with E-state index in [9.17, 15) is 4.79 Å². The Labute approximate surface area is 157 Å². The largest absolute Gasteiger partial charge is 0.347 e. The van der Waals surface area contributed by atoms with Crippen molar-refractivity contribution in [3.63, 3.8) is 0 Å². The average Bonchev–Trinajstić information content (AvgIpc) is 3.04. The Balaban J connectivity index is 1.40. The van der Waals surface area contributed by atoms with Gasteiger partial charge in [0.15, 0.2) is 0 Å². The molecule has 1 N–H and O–H groups in total. The van der Waals surface area contributed by atoms with Crippen LogP contribution in [0.3, 0.4) is 0 Å². The molecule has 2 aromatic rings. The number of carbonyl (C=O) groups excluding carboxylic acids is 1. The van der Waals surface area contributed by atoms with Gasteiger partial charge in [-0.1, -0.05) is 11.8 Å². The monoisotopic (exact) mass is 373 g/mol. The van der Waals surface area contributed by atoms with Gasteiger partial charge < -0.3 is 5.32 Å². The molecule has 1 amide bonds. The first-order chi connectivity index (χ1) is 12.1. The van der Waals surface area contributed by atoms with Gasteiger partial charge in [-0.2, -0.15) is 0 Å². The number of fused-ring (bicyclic) bond motifs is 3. The summed E-state index contributed by atoms with van der Waals surface area (Å²) in [6.07, 6.45) is 4.32. The molecular weight excluding hydrogens is 350 g/mol. The van der Waals surface area contributed by atoms with Crippen molar-refractivity contribution < 1.29 is 4.79 Å². The van der Waals surface area contributed by atoms with Crippen molar-refractivity contribution in [1.29, 1.82) is 0 Å². The Hall–Kier alpha value is -1.37. The molecule has 6 heteroatoms. The molecule has 4 nitrogen and oxygen atoms in total. The molecule has 3 fully saturated rings. The topological polar surface area (TPSA) is 45.2 Å². The number of nitrogens with one attached hydrogen (secondary N) is 1. The molecule has 132 valence electrons. The van der Waals surface area contributed by atoms with E-state index in [1.54, 1.807) is 23.1 Å². The van der Waals surface area contributed by atoms with Crippen molar-refractivity contribution in [3.8, 4) is 0 Å². The van der Waals surface area contributed by atoms with Gasteiger partial charge in [0.05, 0.1) is 15.4 Å². The Kier molecular flexibility index (Phi) is 4.84. The summed E-state index contributed by atoms with van der Waals surface area (Å²) in [5.41, 5.74) is 0.744. The number of amides is 1. The van der Waals surface area contributed by atoms with Crippen LogP contribution in [0.1, 0.15) is 35.1 Å². The fourth-order valence-corrected chi connectivity index (χ4v) is 5.89. The molecule has 2 bridgehead atoms. The average molecular weight is 374 g/mol. The van der Waals surface area contributed by atoms with Crippen LogP contribution in [0.15, 0.2) is 39.6 Å². The highest BCUT2D eigenvalue weighted by Gasteiger charge is 2.40. The molecule has 0 aliphatic carbocycles. The maximum absolute atomic E-state index is 12.7. The number of hydrogen-bond donors (Lipinski definition) is 1. The second-order valence-corrected chi connectivity index (χ2v) is 9.55. The second-order valence-electron chi connectivity index (χ2n) is 6.94. The van der Waals surface area contributed by atoms with Gasteiger partial charge in [-0.3, -0.25) is 9.69 Å². The first kappa shape index (κ1) is 17.1. The zero-order chi connectivity index (χ0) is 17.4. The number of piperidine rings is 3. The quantitative estimate of drug-likeness (QED) is 0.885. The van der Waals surface area contributed by atoms with Gasteiger partial charge in [0, 0.05) is 22.5 Å². The highest BCUT2D eigenvalue weighted by atomic mass is 32.2. The molecule has 3 aliphatic heterocycles. The maximum Gasteiger partial charge on any atom is 0.251 e. The Bertz CT molecular complexity index is 748. The van der Waals surface area contributed by atoms with E-state index in [-0.39, 0.29) is 11.9 Å². The van der Waals surface area contributed by atoms with Crippen molar-refractivity contribution in [3.05, 3.63) is 41.0 Å². The Morgan fingerprint density at radius 2 is 2.00 bits per heavy atom. The summed E-state index contributed by atoms with van der Waals surface area (Å²) < 4.78 is 1.18. The lowest BCUT2D eigenvalue weighted by Crippen LogP contribution is -2.62. The normalized spacial score (nSPS) is 28.1. The lowest BCUT2D eigenvalue weighted by Gasteiger charge is -2.49. The van der Waals surface area contributed by atoms with E-state index in [0.29, 0.717) is 12.0 Å². The summed E-state index contributed by atoms with van der Waals surface area (Å²) in [5, 5.41) is 4.37. The Morgan fingerprint density at radius 1 is 1.28 bits per heavy atom. The van der Waals surface area contributed by atoms with E-state index in [4.69, 9.17) is 0 Å². The summed E-state index contributed by atoms with van der Waals surface area (Å²) >= 11 is 3.38. The zero-order valence-electron chi connectivity index (χ0n) is 14.6. The summed E-state index contributed by atoms with van der Waals surface area (Å²) in [4.78, 5) is 20.6. The summed E-state index contributed by atoms with van der Waals surface area (Å²) in [7, 11) is 0. The predicted octanol–water partition coefficient (Wildman–Crippen LogP) is 3.82. The minimum absolute atomic E-state index is 0.0517.